The minimum Gasteiger partial charge on any atom is -1.00 e. The van der Waals surface area contributed by atoms with E-state index in [1.165, 1.54) is 88.7 Å². The first-order valence-electron chi connectivity index (χ1n) is 11.9. The molecule has 30 heavy (non-hydrogen) atoms. The maximum Gasteiger partial charge on any atom is 1.00 e. The van der Waals surface area contributed by atoms with Crippen molar-refractivity contribution in [1.82, 2.24) is 0 Å². The summed E-state index contributed by atoms with van der Waals surface area (Å²) in [7, 11) is -4.13. The summed E-state index contributed by atoms with van der Waals surface area (Å²) in [5.74, 6) is 0.456. The van der Waals surface area contributed by atoms with Crippen molar-refractivity contribution in [3.8, 4) is 0 Å². The molecule has 0 radical (unpaired) electrons. The predicted molar refractivity (Wildman–Crippen MR) is 125 cm³/mol. The third-order valence-electron chi connectivity index (χ3n) is 5.65. The molecule has 0 spiro atoms. The Hall–Kier alpha value is -0.273. The second-order valence-electron chi connectivity index (χ2n) is 9.00. The van der Waals surface area contributed by atoms with Crippen LogP contribution in [0.3, 0.4) is 0 Å². The van der Waals surface area contributed by atoms with E-state index in [1.54, 1.807) is 6.07 Å². The SMILES string of the molecule is CCCCCCCCCCCCCCCc1ccc(S(=O)(=O)O)cc1CC(C)C.[H-].[Li+]. The quantitative estimate of drug-likeness (QED) is 0.217. The first-order valence-corrected chi connectivity index (χ1v) is 13.4. The molecule has 0 aliphatic carbocycles. The zero-order chi connectivity index (χ0) is 21.5. The maximum atomic E-state index is 11.4. The minimum absolute atomic E-state index is 0. The Balaban J connectivity index is 0. The van der Waals surface area contributed by atoms with Gasteiger partial charge in [0.15, 0.2) is 0 Å². The van der Waals surface area contributed by atoms with Gasteiger partial charge in [-0.05, 0) is 48.4 Å². The van der Waals surface area contributed by atoms with Crippen LogP contribution in [0.25, 0.3) is 0 Å². The van der Waals surface area contributed by atoms with Gasteiger partial charge < -0.3 is 1.43 Å². The summed E-state index contributed by atoms with van der Waals surface area (Å²) in [6.07, 6.45) is 19.3. The van der Waals surface area contributed by atoms with Crippen molar-refractivity contribution in [2.24, 2.45) is 5.92 Å². The van der Waals surface area contributed by atoms with Gasteiger partial charge in [0.05, 0.1) is 4.90 Å². The molecule has 170 valence electrons. The van der Waals surface area contributed by atoms with Crippen LogP contribution in [-0.2, 0) is 23.0 Å². The third kappa shape index (κ3) is 13.9. The van der Waals surface area contributed by atoms with E-state index in [2.05, 4.69) is 20.8 Å². The average Bonchev–Trinajstić information content (AvgIpc) is 2.65. The van der Waals surface area contributed by atoms with Crippen LogP contribution in [0.5, 0.6) is 0 Å². The van der Waals surface area contributed by atoms with Crippen molar-refractivity contribution in [2.45, 2.75) is 122 Å². The van der Waals surface area contributed by atoms with Crippen LogP contribution in [0.1, 0.15) is 117 Å². The normalized spacial score (nSPS) is 11.6. The van der Waals surface area contributed by atoms with E-state index < -0.39 is 10.1 Å². The van der Waals surface area contributed by atoms with Crippen LogP contribution in [0, 0.1) is 5.92 Å². The Bertz CT molecular complexity index is 663. The van der Waals surface area contributed by atoms with Crippen molar-refractivity contribution < 1.29 is 33.3 Å². The number of rotatable bonds is 17. The number of hydrogen-bond acceptors (Lipinski definition) is 2. The molecule has 1 aromatic carbocycles. The topological polar surface area (TPSA) is 54.4 Å². The van der Waals surface area contributed by atoms with Gasteiger partial charge in [0.2, 0.25) is 0 Å². The molecule has 1 N–H and O–H groups in total. The fourth-order valence-corrected chi connectivity index (χ4v) is 4.50. The first kappa shape index (κ1) is 29.7. The average molecular weight is 433 g/mol. The Morgan fingerprint density at radius 3 is 1.70 bits per heavy atom. The Labute approximate surface area is 200 Å². The van der Waals surface area contributed by atoms with Gasteiger partial charge in [0, 0.05) is 0 Å². The van der Waals surface area contributed by atoms with E-state index in [1.807, 2.05) is 6.07 Å². The number of benzene rings is 1. The fourth-order valence-electron chi connectivity index (χ4n) is 3.97. The summed E-state index contributed by atoms with van der Waals surface area (Å²) in [5.41, 5.74) is 2.29. The van der Waals surface area contributed by atoms with Crippen molar-refractivity contribution in [3.05, 3.63) is 29.3 Å². The summed E-state index contributed by atoms with van der Waals surface area (Å²) < 4.78 is 32.2. The standard InChI is InChI=1S/C25H44O3S.Li.H/c1-4-5-6-7-8-9-10-11-12-13-14-15-16-17-23-18-19-25(29(26,27)28)21-24(23)20-22(2)3;;/h18-19,21-22H,4-17,20H2,1-3H3,(H,26,27,28);;/q;+1;-1. The molecule has 5 heteroatoms. The van der Waals surface area contributed by atoms with Gasteiger partial charge in [-0.3, -0.25) is 4.55 Å². The maximum absolute atomic E-state index is 11.4. The molecule has 0 amide bonds. The smallest absolute Gasteiger partial charge is 1.00 e. The van der Waals surface area contributed by atoms with Crippen molar-refractivity contribution >= 4 is 10.1 Å². The number of unbranched alkanes of at least 4 members (excludes halogenated alkanes) is 12. The molecule has 0 saturated carbocycles. The van der Waals surface area contributed by atoms with Gasteiger partial charge in [0.25, 0.3) is 10.1 Å². The second kappa shape index (κ2) is 17.3. The molecule has 0 unspecified atom stereocenters. The van der Waals surface area contributed by atoms with Crippen LogP contribution < -0.4 is 18.9 Å². The molecule has 3 nitrogen and oxygen atoms in total. The summed E-state index contributed by atoms with van der Waals surface area (Å²) in [4.78, 5) is 0.0160. The van der Waals surface area contributed by atoms with E-state index in [0.29, 0.717) is 5.92 Å². The molecule has 0 atom stereocenters. The van der Waals surface area contributed by atoms with E-state index in [-0.39, 0.29) is 25.2 Å². The van der Waals surface area contributed by atoms with Crippen molar-refractivity contribution in [2.75, 3.05) is 0 Å². The molecule has 0 aliphatic rings. The van der Waals surface area contributed by atoms with Gasteiger partial charge in [-0.2, -0.15) is 8.42 Å². The van der Waals surface area contributed by atoms with E-state index in [4.69, 9.17) is 0 Å². The van der Waals surface area contributed by atoms with E-state index in [9.17, 15) is 13.0 Å². The Kier molecular flexibility index (Phi) is 17.1. The summed E-state index contributed by atoms with van der Waals surface area (Å²) in [5, 5.41) is 0. The van der Waals surface area contributed by atoms with Gasteiger partial charge >= 0.3 is 18.9 Å². The summed E-state index contributed by atoms with van der Waals surface area (Å²) in [6.45, 7) is 6.54. The molecule has 0 heterocycles. The van der Waals surface area contributed by atoms with Crippen molar-refractivity contribution in [3.63, 3.8) is 0 Å². The van der Waals surface area contributed by atoms with Crippen LogP contribution in [0.2, 0.25) is 0 Å². The predicted octanol–water partition coefficient (Wildman–Crippen LogP) is 4.88. The van der Waals surface area contributed by atoms with Crippen molar-refractivity contribution in [1.29, 1.82) is 0 Å². The largest absolute Gasteiger partial charge is 1.00 e. The van der Waals surface area contributed by atoms with Gasteiger partial charge in [-0.15, -0.1) is 0 Å². The molecule has 1 rings (SSSR count). The van der Waals surface area contributed by atoms with Gasteiger partial charge in [0.1, 0.15) is 0 Å². The molecule has 0 bridgehead atoms. The molecular weight excluding hydrogens is 387 g/mol. The first-order chi connectivity index (χ1) is 13.8. The molecular formula is C25H45LiO3S. The monoisotopic (exact) mass is 432 g/mol. The van der Waals surface area contributed by atoms with Crippen LogP contribution in [0.4, 0.5) is 0 Å². The minimum atomic E-state index is -4.13. The van der Waals surface area contributed by atoms with Crippen LogP contribution in [-0.4, -0.2) is 13.0 Å². The zero-order valence-electron chi connectivity index (χ0n) is 21.1. The molecule has 0 saturated heterocycles. The number of aryl methyl sites for hydroxylation is 1. The van der Waals surface area contributed by atoms with Crippen LogP contribution in [0.15, 0.2) is 23.1 Å². The second-order valence-corrected chi connectivity index (χ2v) is 10.4. The molecule has 1 aromatic rings. The third-order valence-corrected chi connectivity index (χ3v) is 6.50. The Morgan fingerprint density at radius 2 is 1.27 bits per heavy atom. The summed E-state index contributed by atoms with van der Waals surface area (Å²) in [6, 6.07) is 5.09. The molecule has 0 fully saturated rings. The molecule has 0 aliphatic heterocycles. The summed E-state index contributed by atoms with van der Waals surface area (Å²) >= 11 is 0. The van der Waals surface area contributed by atoms with Crippen LogP contribution >= 0.6 is 0 Å². The van der Waals surface area contributed by atoms with E-state index >= 15 is 0 Å². The fraction of sp³-hybridized carbons (Fsp3) is 0.760. The van der Waals surface area contributed by atoms with Gasteiger partial charge in [-0.25, -0.2) is 0 Å². The van der Waals surface area contributed by atoms with E-state index in [0.717, 1.165) is 24.8 Å². The van der Waals surface area contributed by atoms with Gasteiger partial charge in [-0.1, -0.05) is 104 Å². The zero-order valence-corrected chi connectivity index (χ0v) is 20.9. The Morgan fingerprint density at radius 1 is 0.800 bits per heavy atom. The molecule has 0 aromatic heterocycles. The number of hydrogen-bond donors (Lipinski definition) is 1.